The van der Waals surface area contributed by atoms with E-state index in [1.807, 2.05) is 0 Å². The largest absolute Gasteiger partial charge is 0.480 e. The Bertz CT molecular complexity index is 717. The highest BCUT2D eigenvalue weighted by molar-refractivity contribution is 7.89. The molecule has 1 aromatic carbocycles. The second-order valence-electron chi connectivity index (χ2n) is 4.75. The summed E-state index contributed by atoms with van der Waals surface area (Å²) in [6.45, 7) is 0.135. The predicted molar refractivity (Wildman–Crippen MR) is 77.3 cm³/mol. The first-order chi connectivity index (χ1) is 10.3. The quantitative estimate of drug-likeness (QED) is 0.825. The normalized spacial score (nSPS) is 19.1. The number of aliphatic carboxylic acids is 1. The lowest BCUT2D eigenvalue weighted by Gasteiger charge is -2.21. The number of nitrogens with zero attached hydrogens (tertiary/aromatic N) is 1. The van der Waals surface area contributed by atoms with E-state index in [2.05, 4.69) is 4.74 Å². The van der Waals surface area contributed by atoms with Crippen molar-refractivity contribution in [1.82, 2.24) is 4.31 Å². The number of sulfonamides is 1. The van der Waals surface area contributed by atoms with Gasteiger partial charge in [-0.1, -0.05) is 11.6 Å². The fourth-order valence-electron chi connectivity index (χ4n) is 2.34. The molecule has 1 aromatic rings. The van der Waals surface area contributed by atoms with Gasteiger partial charge in [0, 0.05) is 6.54 Å². The molecular formula is C13H14ClNO6S. The van der Waals surface area contributed by atoms with Crippen molar-refractivity contribution in [2.45, 2.75) is 23.8 Å². The van der Waals surface area contributed by atoms with Crippen LogP contribution < -0.4 is 0 Å². The molecule has 0 aromatic heterocycles. The molecule has 1 aliphatic rings. The van der Waals surface area contributed by atoms with E-state index in [1.165, 1.54) is 19.2 Å². The monoisotopic (exact) mass is 347 g/mol. The molecule has 0 unspecified atom stereocenters. The number of carbonyl (C=O) groups excluding carboxylic acids is 1. The molecule has 0 aliphatic carbocycles. The van der Waals surface area contributed by atoms with Crippen LogP contribution in [-0.2, 0) is 19.6 Å². The first-order valence-electron chi connectivity index (χ1n) is 6.41. The van der Waals surface area contributed by atoms with Gasteiger partial charge in [0.2, 0.25) is 10.0 Å². The Morgan fingerprint density at radius 1 is 1.41 bits per heavy atom. The van der Waals surface area contributed by atoms with Crippen LogP contribution in [0.15, 0.2) is 23.1 Å². The van der Waals surface area contributed by atoms with Gasteiger partial charge in [-0.25, -0.2) is 13.2 Å². The molecule has 1 aliphatic heterocycles. The highest BCUT2D eigenvalue weighted by atomic mass is 35.5. The molecule has 22 heavy (non-hydrogen) atoms. The minimum absolute atomic E-state index is 0.0410. The second kappa shape index (κ2) is 6.23. The predicted octanol–water partition coefficient (Wildman–Crippen LogP) is 1.36. The number of halogens is 1. The molecule has 0 spiro atoms. The molecule has 0 amide bonds. The summed E-state index contributed by atoms with van der Waals surface area (Å²) in [6, 6.07) is 2.50. The van der Waals surface area contributed by atoms with E-state index in [0.29, 0.717) is 6.42 Å². The van der Waals surface area contributed by atoms with Gasteiger partial charge in [0.25, 0.3) is 0 Å². The highest BCUT2D eigenvalue weighted by Crippen LogP contribution is 2.29. The number of hydrogen-bond donors (Lipinski definition) is 1. The molecule has 0 radical (unpaired) electrons. The first kappa shape index (κ1) is 16.7. The molecule has 120 valence electrons. The van der Waals surface area contributed by atoms with Gasteiger partial charge in [-0.2, -0.15) is 4.31 Å². The van der Waals surface area contributed by atoms with E-state index in [9.17, 15) is 18.0 Å². The van der Waals surface area contributed by atoms with Gasteiger partial charge in [-0.3, -0.25) is 4.79 Å². The van der Waals surface area contributed by atoms with Crippen molar-refractivity contribution in [3.05, 3.63) is 28.8 Å². The van der Waals surface area contributed by atoms with Crippen molar-refractivity contribution in [1.29, 1.82) is 0 Å². The Kier molecular flexibility index (Phi) is 4.74. The summed E-state index contributed by atoms with van der Waals surface area (Å²) in [5.41, 5.74) is 0.0410. The van der Waals surface area contributed by atoms with Crippen LogP contribution in [0.1, 0.15) is 23.2 Å². The SMILES string of the molecule is COC(=O)c1ccc(S(=O)(=O)N2CCC[C@H]2C(=O)O)cc1Cl. The molecule has 1 saturated heterocycles. The van der Waals surface area contributed by atoms with E-state index in [-0.39, 0.29) is 28.4 Å². The summed E-state index contributed by atoms with van der Waals surface area (Å²) in [5, 5.41) is 9.03. The number of ether oxygens (including phenoxy) is 1. The number of carbonyl (C=O) groups is 2. The van der Waals surface area contributed by atoms with Crippen molar-refractivity contribution in [2.75, 3.05) is 13.7 Å². The molecule has 0 saturated carbocycles. The van der Waals surface area contributed by atoms with Crippen molar-refractivity contribution in [3.63, 3.8) is 0 Å². The van der Waals surface area contributed by atoms with E-state index < -0.39 is 28.0 Å². The van der Waals surface area contributed by atoms with E-state index in [0.717, 1.165) is 10.4 Å². The second-order valence-corrected chi connectivity index (χ2v) is 7.04. The van der Waals surface area contributed by atoms with Crippen LogP contribution >= 0.6 is 11.6 Å². The van der Waals surface area contributed by atoms with Gasteiger partial charge in [0.15, 0.2) is 0 Å². The van der Waals surface area contributed by atoms with Gasteiger partial charge < -0.3 is 9.84 Å². The maximum Gasteiger partial charge on any atom is 0.339 e. The van der Waals surface area contributed by atoms with E-state index in [4.69, 9.17) is 16.7 Å². The van der Waals surface area contributed by atoms with Gasteiger partial charge in [-0.15, -0.1) is 0 Å². The molecule has 1 fully saturated rings. The molecule has 7 nitrogen and oxygen atoms in total. The number of benzene rings is 1. The topological polar surface area (TPSA) is 101 Å². The molecule has 1 N–H and O–H groups in total. The number of rotatable bonds is 4. The summed E-state index contributed by atoms with van der Waals surface area (Å²) in [7, 11) is -2.80. The van der Waals surface area contributed by atoms with Crippen molar-refractivity contribution < 1.29 is 27.9 Å². The Morgan fingerprint density at radius 2 is 2.09 bits per heavy atom. The maximum atomic E-state index is 12.5. The number of methoxy groups -OCH3 is 1. The molecule has 0 bridgehead atoms. The number of carboxylic acids is 1. The fourth-order valence-corrected chi connectivity index (χ4v) is 4.34. The van der Waals surface area contributed by atoms with Crippen LogP contribution in [0.3, 0.4) is 0 Å². The van der Waals surface area contributed by atoms with Gasteiger partial charge >= 0.3 is 11.9 Å². The molecule has 1 atom stereocenters. The summed E-state index contributed by atoms with van der Waals surface area (Å²) < 4.78 is 30.6. The first-order valence-corrected chi connectivity index (χ1v) is 8.23. The lowest BCUT2D eigenvalue weighted by atomic mass is 10.2. The summed E-state index contributed by atoms with van der Waals surface area (Å²) in [6.07, 6.45) is 0.743. The van der Waals surface area contributed by atoms with Crippen LogP contribution in [0.4, 0.5) is 0 Å². The average Bonchev–Trinajstić information content (AvgIpc) is 2.96. The third kappa shape index (κ3) is 2.94. The fraction of sp³-hybridized carbons (Fsp3) is 0.385. The minimum Gasteiger partial charge on any atom is -0.480 e. The Hall–Kier alpha value is -1.64. The van der Waals surface area contributed by atoms with Gasteiger partial charge in [0.1, 0.15) is 6.04 Å². The summed E-state index contributed by atoms with van der Waals surface area (Å²) in [5.74, 6) is -1.86. The van der Waals surface area contributed by atoms with Crippen LogP contribution in [0.2, 0.25) is 5.02 Å². The number of carboxylic acid groups (broad SMARTS) is 1. The van der Waals surface area contributed by atoms with Crippen LogP contribution in [0, 0.1) is 0 Å². The molecule has 9 heteroatoms. The Morgan fingerprint density at radius 3 is 2.64 bits per heavy atom. The van der Waals surface area contributed by atoms with E-state index >= 15 is 0 Å². The van der Waals surface area contributed by atoms with Gasteiger partial charge in [0.05, 0.1) is 22.6 Å². The van der Waals surface area contributed by atoms with Crippen LogP contribution in [0.5, 0.6) is 0 Å². The standard InChI is InChI=1S/C13H14ClNO6S/c1-21-13(18)9-5-4-8(7-10(9)14)22(19,20)15-6-2-3-11(15)12(16)17/h4-5,7,11H,2-3,6H2,1H3,(H,16,17)/t11-/m0/s1. The third-order valence-electron chi connectivity index (χ3n) is 3.44. The average molecular weight is 348 g/mol. The zero-order valence-corrected chi connectivity index (χ0v) is 13.2. The minimum atomic E-state index is -3.99. The van der Waals surface area contributed by atoms with Gasteiger partial charge in [-0.05, 0) is 31.0 Å². The summed E-state index contributed by atoms with van der Waals surface area (Å²) >= 11 is 5.91. The highest BCUT2D eigenvalue weighted by Gasteiger charge is 2.39. The lowest BCUT2D eigenvalue weighted by molar-refractivity contribution is -0.140. The van der Waals surface area contributed by atoms with Crippen LogP contribution in [0.25, 0.3) is 0 Å². The lowest BCUT2D eigenvalue weighted by Crippen LogP contribution is -2.40. The molecular weight excluding hydrogens is 334 g/mol. The van der Waals surface area contributed by atoms with Crippen LogP contribution in [-0.4, -0.2) is 49.5 Å². The molecule has 1 heterocycles. The Labute approximate surface area is 132 Å². The van der Waals surface area contributed by atoms with E-state index in [1.54, 1.807) is 0 Å². The van der Waals surface area contributed by atoms with Crippen molar-refractivity contribution in [2.24, 2.45) is 0 Å². The Balaban J connectivity index is 2.40. The number of hydrogen-bond acceptors (Lipinski definition) is 5. The van der Waals surface area contributed by atoms with Crippen molar-refractivity contribution >= 4 is 33.6 Å². The third-order valence-corrected chi connectivity index (χ3v) is 5.66. The number of esters is 1. The molecule has 2 rings (SSSR count). The smallest absolute Gasteiger partial charge is 0.339 e. The zero-order valence-electron chi connectivity index (χ0n) is 11.7. The maximum absolute atomic E-state index is 12.5. The summed E-state index contributed by atoms with van der Waals surface area (Å²) in [4.78, 5) is 22.4. The van der Waals surface area contributed by atoms with Crippen molar-refractivity contribution in [3.8, 4) is 0 Å². The zero-order chi connectivity index (χ0) is 16.5.